The average molecular weight is 428 g/mol. The second kappa shape index (κ2) is 10.3. The fourth-order valence-electron chi connectivity index (χ4n) is 2.96. The predicted octanol–water partition coefficient (Wildman–Crippen LogP) is 5.00. The minimum absolute atomic E-state index is 0. The van der Waals surface area contributed by atoms with Crippen LogP contribution < -0.4 is 10.6 Å². The van der Waals surface area contributed by atoms with E-state index >= 15 is 0 Å². The fourth-order valence-corrected chi connectivity index (χ4v) is 3.25. The highest BCUT2D eigenvalue weighted by Crippen LogP contribution is 2.37. The summed E-state index contributed by atoms with van der Waals surface area (Å²) in [6.07, 6.45) is -1.65. The molecule has 1 aliphatic heterocycles. The van der Waals surface area contributed by atoms with Crippen LogP contribution in [0.25, 0.3) is 0 Å². The molecule has 0 saturated carbocycles. The Balaban J connectivity index is 0.00000264. The Morgan fingerprint density at radius 3 is 2.42 bits per heavy atom. The third-order valence-corrected chi connectivity index (χ3v) is 4.85. The molecule has 1 aliphatic rings. The number of alkyl halides is 3. The molecule has 2 rings (SSSR count). The maximum atomic E-state index is 12.2. The first-order valence-corrected chi connectivity index (χ1v) is 8.02. The molecule has 0 unspecified atom stereocenters. The van der Waals surface area contributed by atoms with E-state index in [4.69, 9.17) is 23.2 Å². The molecule has 1 fully saturated rings. The summed E-state index contributed by atoms with van der Waals surface area (Å²) in [7, 11) is 0. The van der Waals surface area contributed by atoms with Crippen molar-refractivity contribution < 1.29 is 13.2 Å². The summed E-state index contributed by atoms with van der Waals surface area (Å²) >= 11 is 12.1. The van der Waals surface area contributed by atoms with Crippen molar-refractivity contribution in [3.05, 3.63) is 33.8 Å². The minimum atomic E-state index is -4.18. The third-order valence-electron chi connectivity index (χ3n) is 4.11. The number of hydrogen-bond donors (Lipinski definition) is 2. The van der Waals surface area contributed by atoms with Crippen LogP contribution in [0.4, 0.5) is 13.2 Å². The van der Waals surface area contributed by atoms with Gasteiger partial charge in [-0.2, -0.15) is 13.2 Å². The fraction of sp³-hybridized carbons (Fsp3) is 0.600. The van der Waals surface area contributed by atoms with Gasteiger partial charge in [-0.05, 0) is 50.0 Å². The highest BCUT2D eigenvalue weighted by atomic mass is 35.5. The summed E-state index contributed by atoms with van der Waals surface area (Å²) in [6, 6.07) is 5.50. The van der Waals surface area contributed by atoms with E-state index in [2.05, 4.69) is 10.6 Å². The quantitative estimate of drug-likeness (QED) is 0.646. The number of rotatable bonds is 5. The number of benzene rings is 1. The van der Waals surface area contributed by atoms with Crippen molar-refractivity contribution >= 4 is 48.0 Å². The van der Waals surface area contributed by atoms with Gasteiger partial charge in [0.15, 0.2) is 0 Å². The molecule has 24 heavy (non-hydrogen) atoms. The molecule has 2 N–H and O–H groups in total. The van der Waals surface area contributed by atoms with Crippen LogP contribution in [0.15, 0.2) is 18.2 Å². The molecule has 1 aromatic rings. The van der Waals surface area contributed by atoms with Crippen molar-refractivity contribution in [1.82, 2.24) is 10.6 Å². The molecule has 1 heterocycles. The summed E-state index contributed by atoms with van der Waals surface area (Å²) in [5.41, 5.74) is 0.827. The first-order valence-electron chi connectivity index (χ1n) is 7.26. The Labute approximate surface area is 162 Å². The van der Waals surface area contributed by atoms with Crippen molar-refractivity contribution in [1.29, 1.82) is 0 Å². The predicted molar refractivity (Wildman–Crippen MR) is 98.3 cm³/mol. The van der Waals surface area contributed by atoms with Gasteiger partial charge in [-0.15, -0.1) is 24.8 Å². The number of hydrogen-bond acceptors (Lipinski definition) is 2. The Morgan fingerprint density at radius 2 is 1.88 bits per heavy atom. The van der Waals surface area contributed by atoms with E-state index in [1.54, 1.807) is 6.07 Å². The summed E-state index contributed by atoms with van der Waals surface area (Å²) < 4.78 is 36.7. The Hall–Kier alpha value is 0.0900. The van der Waals surface area contributed by atoms with Crippen molar-refractivity contribution in [3.8, 4) is 0 Å². The van der Waals surface area contributed by atoms with Gasteiger partial charge in [0, 0.05) is 12.0 Å². The van der Waals surface area contributed by atoms with Crippen molar-refractivity contribution in [2.75, 3.05) is 26.2 Å². The van der Waals surface area contributed by atoms with E-state index < -0.39 is 12.7 Å². The SMILES string of the molecule is Cl.Cl.FC(F)(F)CNCC[C@]1(c2ccc(Cl)c(Cl)c2)CCCNC1. The molecule has 0 amide bonds. The van der Waals surface area contributed by atoms with Gasteiger partial charge in [0.05, 0.1) is 16.6 Å². The molecule has 0 bridgehead atoms. The number of piperidine rings is 1. The van der Waals surface area contributed by atoms with E-state index in [1.807, 2.05) is 12.1 Å². The molecule has 9 heteroatoms. The van der Waals surface area contributed by atoms with Crippen LogP contribution >= 0.6 is 48.0 Å². The van der Waals surface area contributed by atoms with Crippen LogP contribution in [-0.4, -0.2) is 32.4 Å². The molecule has 140 valence electrons. The third kappa shape index (κ3) is 6.77. The van der Waals surface area contributed by atoms with Crippen LogP contribution in [-0.2, 0) is 5.41 Å². The minimum Gasteiger partial charge on any atom is -0.316 e. The van der Waals surface area contributed by atoms with Crippen LogP contribution in [0.2, 0.25) is 10.0 Å². The molecular weight excluding hydrogens is 407 g/mol. The van der Waals surface area contributed by atoms with Gasteiger partial charge in [-0.1, -0.05) is 29.3 Å². The first-order chi connectivity index (χ1) is 10.3. The summed E-state index contributed by atoms with van der Waals surface area (Å²) in [5, 5.41) is 6.79. The van der Waals surface area contributed by atoms with Crippen molar-refractivity contribution in [3.63, 3.8) is 0 Å². The average Bonchev–Trinajstić information content (AvgIpc) is 2.46. The van der Waals surface area contributed by atoms with Crippen LogP contribution in [0.3, 0.4) is 0 Å². The van der Waals surface area contributed by atoms with Gasteiger partial charge < -0.3 is 10.6 Å². The number of halogens is 7. The Morgan fingerprint density at radius 1 is 1.17 bits per heavy atom. The first kappa shape index (κ1) is 24.1. The largest absolute Gasteiger partial charge is 0.401 e. The van der Waals surface area contributed by atoms with Gasteiger partial charge in [0.25, 0.3) is 0 Å². The van der Waals surface area contributed by atoms with E-state index in [0.717, 1.165) is 31.5 Å². The molecule has 1 atom stereocenters. The lowest BCUT2D eigenvalue weighted by Gasteiger charge is -2.39. The Bertz CT molecular complexity index is 506. The maximum absolute atomic E-state index is 12.2. The number of nitrogens with one attached hydrogen (secondary N) is 2. The molecule has 0 aromatic heterocycles. The molecule has 0 radical (unpaired) electrons. The topological polar surface area (TPSA) is 24.1 Å². The second-order valence-electron chi connectivity index (χ2n) is 5.73. The highest BCUT2D eigenvalue weighted by Gasteiger charge is 2.34. The summed E-state index contributed by atoms with van der Waals surface area (Å²) in [6.45, 7) is 1.01. The zero-order valence-corrected chi connectivity index (χ0v) is 16.0. The normalized spacial score (nSPS) is 20.9. The van der Waals surface area contributed by atoms with Gasteiger partial charge in [0.2, 0.25) is 0 Å². The van der Waals surface area contributed by atoms with E-state index in [1.165, 1.54) is 0 Å². The lowest BCUT2D eigenvalue weighted by atomic mass is 9.72. The lowest BCUT2D eigenvalue weighted by Crippen LogP contribution is -2.45. The standard InChI is InChI=1S/C15H19Cl2F3N2.2ClH/c16-12-3-2-11(8-13(12)17)14(4-1-6-21-9-14)5-7-22-10-15(18,19)20;;/h2-3,8,21-22H,1,4-7,9-10H2;2*1H/t14-;;/m1../s1. The van der Waals surface area contributed by atoms with Gasteiger partial charge >= 0.3 is 6.18 Å². The molecular formula is C15H21Cl4F3N2. The molecule has 1 aromatic carbocycles. The summed E-state index contributed by atoms with van der Waals surface area (Å²) in [4.78, 5) is 0. The van der Waals surface area contributed by atoms with Gasteiger partial charge in [-0.25, -0.2) is 0 Å². The van der Waals surface area contributed by atoms with E-state index in [-0.39, 0.29) is 30.2 Å². The molecule has 1 saturated heterocycles. The maximum Gasteiger partial charge on any atom is 0.401 e. The van der Waals surface area contributed by atoms with Crippen molar-refractivity contribution in [2.45, 2.75) is 30.9 Å². The summed E-state index contributed by atoms with van der Waals surface area (Å²) in [5.74, 6) is 0. The highest BCUT2D eigenvalue weighted by molar-refractivity contribution is 6.42. The second-order valence-corrected chi connectivity index (χ2v) is 6.55. The smallest absolute Gasteiger partial charge is 0.316 e. The van der Waals surface area contributed by atoms with Gasteiger partial charge in [0.1, 0.15) is 0 Å². The monoisotopic (exact) mass is 426 g/mol. The van der Waals surface area contributed by atoms with E-state index in [9.17, 15) is 13.2 Å². The molecule has 0 aliphatic carbocycles. The van der Waals surface area contributed by atoms with E-state index in [0.29, 0.717) is 23.0 Å². The zero-order valence-electron chi connectivity index (χ0n) is 12.9. The van der Waals surface area contributed by atoms with Crippen molar-refractivity contribution in [2.24, 2.45) is 0 Å². The van der Waals surface area contributed by atoms with Gasteiger partial charge in [-0.3, -0.25) is 0 Å². The van der Waals surface area contributed by atoms with Crippen LogP contribution in [0, 0.1) is 0 Å². The molecule has 2 nitrogen and oxygen atoms in total. The molecule has 0 spiro atoms. The lowest BCUT2D eigenvalue weighted by molar-refractivity contribution is -0.124. The van der Waals surface area contributed by atoms with Crippen LogP contribution in [0.1, 0.15) is 24.8 Å². The van der Waals surface area contributed by atoms with Crippen LogP contribution in [0.5, 0.6) is 0 Å². The Kier molecular flexibility index (Phi) is 10.3. The zero-order chi connectivity index (χ0) is 16.2.